The number of thiophene rings is 1. The van der Waals surface area contributed by atoms with Gasteiger partial charge in [-0.3, -0.25) is 0 Å². The smallest absolute Gasteiger partial charge is 0.0222 e. The Hall–Kier alpha value is 0.180. The number of alkyl halides is 1. The average Bonchev–Trinajstić information content (AvgIpc) is 2.69. The maximum atomic E-state index is 3.93. The molecule has 1 heterocycles. The zero-order valence-electron chi connectivity index (χ0n) is 9.83. The van der Waals surface area contributed by atoms with E-state index in [2.05, 4.69) is 33.4 Å². The van der Waals surface area contributed by atoms with Gasteiger partial charge in [0, 0.05) is 9.70 Å². The molecule has 0 aliphatic heterocycles. The molecule has 1 unspecified atom stereocenters. The van der Waals surface area contributed by atoms with E-state index >= 15 is 0 Å². The van der Waals surface area contributed by atoms with Gasteiger partial charge in [0.15, 0.2) is 0 Å². The van der Waals surface area contributed by atoms with Crippen molar-refractivity contribution in [2.24, 2.45) is 5.92 Å². The first kappa shape index (κ1) is 12.6. The quantitative estimate of drug-likeness (QED) is 0.654. The standard InChI is InChI=1S/C14H21BrS/c15-14(11-13-9-6-10-16-13)12-7-4-2-1-3-5-8-12/h6,9-10,12,14H,1-5,7-8,11H2. The monoisotopic (exact) mass is 300 g/mol. The SMILES string of the molecule is BrC(Cc1cccs1)C1CCCCCCC1. The van der Waals surface area contributed by atoms with Crippen LogP contribution in [-0.2, 0) is 6.42 Å². The topological polar surface area (TPSA) is 0 Å². The summed E-state index contributed by atoms with van der Waals surface area (Å²) in [5.41, 5.74) is 0. The zero-order chi connectivity index (χ0) is 11.2. The molecule has 1 aromatic heterocycles. The lowest BCUT2D eigenvalue weighted by Gasteiger charge is -2.24. The van der Waals surface area contributed by atoms with Gasteiger partial charge in [0.2, 0.25) is 0 Å². The fourth-order valence-corrected chi connectivity index (χ4v) is 4.49. The lowest BCUT2D eigenvalue weighted by atomic mass is 9.88. The van der Waals surface area contributed by atoms with Crippen molar-refractivity contribution in [1.29, 1.82) is 0 Å². The van der Waals surface area contributed by atoms with Gasteiger partial charge in [-0.15, -0.1) is 11.3 Å². The number of hydrogen-bond donors (Lipinski definition) is 0. The van der Waals surface area contributed by atoms with Crippen molar-refractivity contribution in [3.05, 3.63) is 22.4 Å². The second-order valence-corrected chi connectivity index (χ2v) is 7.11. The van der Waals surface area contributed by atoms with Crippen LogP contribution in [0.4, 0.5) is 0 Å². The molecular formula is C14H21BrS. The van der Waals surface area contributed by atoms with Crippen LogP contribution in [0.3, 0.4) is 0 Å². The van der Waals surface area contributed by atoms with E-state index in [4.69, 9.17) is 0 Å². The first-order valence-corrected chi connectivity index (χ1v) is 8.32. The van der Waals surface area contributed by atoms with Crippen LogP contribution >= 0.6 is 27.3 Å². The molecule has 0 radical (unpaired) electrons. The van der Waals surface area contributed by atoms with Gasteiger partial charge in [0.1, 0.15) is 0 Å². The van der Waals surface area contributed by atoms with Crippen LogP contribution < -0.4 is 0 Å². The average molecular weight is 301 g/mol. The molecule has 2 rings (SSSR count). The Morgan fingerprint density at radius 1 is 1.19 bits per heavy atom. The lowest BCUT2D eigenvalue weighted by Crippen LogP contribution is -2.17. The Kier molecular flexibility index (Phi) is 5.37. The van der Waals surface area contributed by atoms with E-state index in [9.17, 15) is 0 Å². The number of hydrogen-bond acceptors (Lipinski definition) is 1. The first-order valence-electron chi connectivity index (χ1n) is 6.53. The molecule has 1 saturated carbocycles. The Labute approximate surface area is 112 Å². The molecule has 0 N–H and O–H groups in total. The predicted molar refractivity (Wildman–Crippen MR) is 76.5 cm³/mol. The third-order valence-corrected chi connectivity index (χ3v) is 5.61. The maximum Gasteiger partial charge on any atom is 0.0222 e. The number of halogens is 1. The largest absolute Gasteiger partial charge is 0.149 e. The van der Waals surface area contributed by atoms with Crippen LogP contribution in [-0.4, -0.2) is 4.83 Å². The van der Waals surface area contributed by atoms with E-state index in [0.717, 1.165) is 5.92 Å². The first-order chi connectivity index (χ1) is 7.86. The molecule has 1 fully saturated rings. The summed E-state index contributed by atoms with van der Waals surface area (Å²) in [7, 11) is 0. The number of rotatable bonds is 3. The van der Waals surface area contributed by atoms with Crippen molar-refractivity contribution < 1.29 is 0 Å². The normalized spacial score (nSPS) is 21.3. The molecule has 1 atom stereocenters. The van der Waals surface area contributed by atoms with Gasteiger partial charge < -0.3 is 0 Å². The summed E-state index contributed by atoms with van der Waals surface area (Å²) in [4.78, 5) is 2.23. The van der Waals surface area contributed by atoms with Crippen LogP contribution in [0.25, 0.3) is 0 Å². The summed E-state index contributed by atoms with van der Waals surface area (Å²) in [6.45, 7) is 0. The molecular weight excluding hydrogens is 280 g/mol. The van der Waals surface area contributed by atoms with Crippen LogP contribution in [0.1, 0.15) is 49.8 Å². The molecule has 0 bridgehead atoms. The minimum Gasteiger partial charge on any atom is -0.149 e. The second kappa shape index (κ2) is 6.80. The molecule has 0 spiro atoms. The molecule has 1 aromatic rings. The summed E-state index contributed by atoms with van der Waals surface area (Å²) < 4.78 is 0. The van der Waals surface area contributed by atoms with Crippen molar-refractivity contribution in [3.63, 3.8) is 0 Å². The van der Waals surface area contributed by atoms with Gasteiger partial charge >= 0.3 is 0 Å². The molecule has 0 aromatic carbocycles. The molecule has 16 heavy (non-hydrogen) atoms. The van der Waals surface area contributed by atoms with Crippen LogP contribution in [0.2, 0.25) is 0 Å². The highest BCUT2D eigenvalue weighted by molar-refractivity contribution is 9.09. The highest BCUT2D eigenvalue weighted by Crippen LogP contribution is 2.31. The molecule has 0 nitrogen and oxygen atoms in total. The lowest BCUT2D eigenvalue weighted by molar-refractivity contribution is 0.370. The van der Waals surface area contributed by atoms with Crippen LogP contribution in [0.5, 0.6) is 0 Å². The van der Waals surface area contributed by atoms with Crippen molar-refractivity contribution in [1.82, 2.24) is 0 Å². The summed E-state index contributed by atoms with van der Waals surface area (Å²) in [6, 6.07) is 4.43. The van der Waals surface area contributed by atoms with Crippen molar-refractivity contribution in [3.8, 4) is 0 Å². The van der Waals surface area contributed by atoms with Gasteiger partial charge in [-0.2, -0.15) is 0 Å². The highest BCUT2D eigenvalue weighted by atomic mass is 79.9. The summed E-state index contributed by atoms with van der Waals surface area (Å²) in [6.07, 6.45) is 11.3. The fourth-order valence-electron chi connectivity index (χ4n) is 2.64. The third-order valence-electron chi connectivity index (χ3n) is 3.64. The van der Waals surface area contributed by atoms with E-state index in [0.29, 0.717) is 4.83 Å². The third kappa shape index (κ3) is 3.89. The van der Waals surface area contributed by atoms with E-state index in [1.54, 1.807) is 0 Å². The van der Waals surface area contributed by atoms with Gasteiger partial charge in [0.05, 0.1) is 0 Å². The zero-order valence-corrected chi connectivity index (χ0v) is 12.2. The Balaban J connectivity index is 1.84. The van der Waals surface area contributed by atoms with Gasteiger partial charge in [-0.1, -0.05) is 54.1 Å². The molecule has 2 heteroatoms. The minimum atomic E-state index is 0.698. The molecule has 1 aliphatic carbocycles. The van der Waals surface area contributed by atoms with Gasteiger partial charge in [-0.25, -0.2) is 0 Å². The predicted octanol–water partition coefficient (Wildman–Crippen LogP) is 5.41. The molecule has 90 valence electrons. The van der Waals surface area contributed by atoms with Crippen LogP contribution in [0, 0.1) is 5.92 Å². The Morgan fingerprint density at radius 3 is 2.50 bits per heavy atom. The molecule has 1 aliphatic rings. The highest BCUT2D eigenvalue weighted by Gasteiger charge is 2.20. The van der Waals surface area contributed by atoms with E-state index in [1.807, 2.05) is 11.3 Å². The van der Waals surface area contributed by atoms with Crippen molar-refractivity contribution in [2.45, 2.75) is 56.2 Å². The Bertz CT molecular complexity index is 273. The van der Waals surface area contributed by atoms with E-state index in [1.165, 1.54) is 56.2 Å². The Morgan fingerprint density at radius 2 is 1.88 bits per heavy atom. The fraction of sp³-hybridized carbons (Fsp3) is 0.714. The minimum absolute atomic E-state index is 0.698. The van der Waals surface area contributed by atoms with Crippen molar-refractivity contribution >= 4 is 27.3 Å². The van der Waals surface area contributed by atoms with E-state index in [-0.39, 0.29) is 0 Å². The van der Waals surface area contributed by atoms with Crippen molar-refractivity contribution in [2.75, 3.05) is 0 Å². The summed E-state index contributed by atoms with van der Waals surface area (Å²) in [5, 5.41) is 2.19. The second-order valence-electron chi connectivity index (χ2n) is 4.90. The van der Waals surface area contributed by atoms with Gasteiger partial charge in [-0.05, 0) is 36.6 Å². The van der Waals surface area contributed by atoms with Gasteiger partial charge in [0.25, 0.3) is 0 Å². The van der Waals surface area contributed by atoms with Crippen LogP contribution in [0.15, 0.2) is 17.5 Å². The molecule has 0 amide bonds. The van der Waals surface area contributed by atoms with E-state index < -0.39 is 0 Å². The maximum absolute atomic E-state index is 3.93. The summed E-state index contributed by atoms with van der Waals surface area (Å²) in [5.74, 6) is 0.905. The summed E-state index contributed by atoms with van der Waals surface area (Å²) >= 11 is 5.82. The molecule has 0 saturated heterocycles.